The van der Waals surface area contributed by atoms with E-state index >= 15 is 0 Å². The molecule has 156 valence electrons. The first-order chi connectivity index (χ1) is 14.3. The molecular weight excluding hydrogens is 539 g/mol. The maximum atomic E-state index is 13.1. The Kier molecular flexibility index (Phi) is 7.32. The topological polar surface area (TPSA) is 67.9 Å². The number of nitrogens with zero attached hydrogens (tertiary/aromatic N) is 1. The van der Waals surface area contributed by atoms with Gasteiger partial charge in [0.2, 0.25) is 0 Å². The Morgan fingerprint density at radius 1 is 1.17 bits per heavy atom. The van der Waals surface area contributed by atoms with Crippen LogP contribution in [0, 0.1) is 3.57 Å². The van der Waals surface area contributed by atoms with Gasteiger partial charge < -0.3 is 9.47 Å². The predicted octanol–water partition coefficient (Wildman–Crippen LogP) is 4.57. The van der Waals surface area contributed by atoms with Crippen LogP contribution in [0.25, 0.3) is 6.08 Å². The summed E-state index contributed by atoms with van der Waals surface area (Å²) in [7, 11) is 0. The van der Waals surface area contributed by atoms with Crippen molar-refractivity contribution in [1.29, 1.82) is 0 Å². The summed E-state index contributed by atoms with van der Waals surface area (Å²) in [4.78, 5) is 26.9. The molecule has 30 heavy (non-hydrogen) atoms. The number of benzene rings is 2. The molecule has 1 aliphatic rings. The summed E-state index contributed by atoms with van der Waals surface area (Å²) in [5, 5.41) is 3.02. The Morgan fingerprint density at radius 2 is 1.90 bits per heavy atom. The fourth-order valence-corrected chi connectivity index (χ4v) is 4.14. The van der Waals surface area contributed by atoms with E-state index in [0.29, 0.717) is 41.0 Å². The summed E-state index contributed by atoms with van der Waals surface area (Å²) in [5.41, 5.74) is 1.05. The molecule has 1 fully saturated rings. The lowest BCUT2D eigenvalue weighted by atomic mass is 10.1. The fraction of sp³-hybridized carbons (Fsp3) is 0.190. The van der Waals surface area contributed by atoms with Crippen LogP contribution in [0.2, 0.25) is 5.02 Å². The Balaban J connectivity index is 2.04. The zero-order valence-electron chi connectivity index (χ0n) is 16.2. The number of carbonyl (C=O) groups is 2. The second kappa shape index (κ2) is 9.76. The fourth-order valence-electron chi connectivity index (χ4n) is 2.89. The van der Waals surface area contributed by atoms with E-state index < -0.39 is 11.8 Å². The molecule has 0 radical (unpaired) electrons. The minimum Gasteiger partial charge on any atom is -0.490 e. The molecule has 1 aliphatic heterocycles. The molecule has 0 atom stereocenters. The summed E-state index contributed by atoms with van der Waals surface area (Å²) in [5.74, 6) is 0.0743. The highest BCUT2D eigenvalue weighted by Crippen LogP contribution is 2.35. The van der Waals surface area contributed by atoms with Crippen molar-refractivity contribution in [2.75, 3.05) is 18.1 Å². The highest BCUT2D eigenvalue weighted by molar-refractivity contribution is 14.1. The molecule has 2 aromatic rings. The lowest BCUT2D eigenvalue weighted by Gasteiger charge is -2.29. The maximum Gasteiger partial charge on any atom is 0.270 e. The normalized spacial score (nSPS) is 15.4. The highest BCUT2D eigenvalue weighted by Gasteiger charge is 2.34. The van der Waals surface area contributed by atoms with Gasteiger partial charge >= 0.3 is 0 Å². The number of carbonyl (C=O) groups excluding carboxylic acids is 2. The molecule has 0 aliphatic carbocycles. The third-order valence-corrected chi connectivity index (χ3v) is 5.42. The highest BCUT2D eigenvalue weighted by atomic mass is 127. The van der Waals surface area contributed by atoms with Gasteiger partial charge in [-0.1, -0.05) is 17.7 Å². The van der Waals surface area contributed by atoms with Crippen LogP contribution in [0.4, 0.5) is 5.69 Å². The number of hydrogen-bond donors (Lipinski definition) is 1. The molecule has 9 heteroatoms. The Hall–Kier alpha value is -2.17. The monoisotopic (exact) mass is 556 g/mol. The second-order valence-corrected chi connectivity index (χ2v) is 8.12. The number of thiocarbonyl (C=S) groups is 1. The van der Waals surface area contributed by atoms with Gasteiger partial charge in [0, 0.05) is 5.02 Å². The number of anilines is 1. The molecule has 0 saturated carbocycles. The molecule has 1 saturated heterocycles. The molecule has 2 aromatic carbocycles. The van der Waals surface area contributed by atoms with Crippen LogP contribution in [0.1, 0.15) is 19.4 Å². The van der Waals surface area contributed by atoms with Crippen molar-refractivity contribution in [2.24, 2.45) is 0 Å². The van der Waals surface area contributed by atoms with Crippen molar-refractivity contribution in [3.63, 3.8) is 0 Å². The smallest absolute Gasteiger partial charge is 0.270 e. The molecule has 0 bridgehead atoms. The average Bonchev–Trinajstić information content (AvgIpc) is 2.68. The zero-order valence-corrected chi connectivity index (χ0v) is 19.9. The number of ether oxygens (including phenoxy) is 2. The van der Waals surface area contributed by atoms with Gasteiger partial charge in [0.05, 0.1) is 22.5 Å². The number of hydrogen-bond acceptors (Lipinski definition) is 5. The minimum atomic E-state index is -0.565. The third kappa shape index (κ3) is 4.76. The quantitative estimate of drug-likeness (QED) is 0.244. The van der Waals surface area contributed by atoms with Crippen molar-refractivity contribution < 1.29 is 19.1 Å². The summed E-state index contributed by atoms with van der Waals surface area (Å²) in [6, 6.07) is 10.2. The molecule has 6 nitrogen and oxygen atoms in total. The largest absolute Gasteiger partial charge is 0.490 e. The molecule has 2 amide bonds. The molecule has 1 N–H and O–H groups in total. The van der Waals surface area contributed by atoms with Crippen molar-refractivity contribution in [3.8, 4) is 11.5 Å². The van der Waals surface area contributed by atoms with E-state index in [4.69, 9.17) is 33.3 Å². The molecule has 3 rings (SSSR count). The number of nitrogens with one attached hydrogen (secondary N) is 1. The van der Waals surface area contributed by atoms with Crippen molar-refractivity contribution in [2.45, 2.75) is 13.8 Å². The Morgan fingerprint density at radius 3 is 2.57 bits per heavy atom. The average molecular weight is 557 g/mol. The van der Waals surface area contributed by atoms with Gasteiger partial charge in [-0.05, 0) is 90.6 Å². The van der Waals surface area contributed by atoms with Crippen molar-refractivity contribution in [1.82, 2.24) is 5.32 Å². The molecule has 0 spiro atoms. The number of halogens is 2. The summed E-state index contributed by atoms with van der Waals surface area (Å²) in [6.07, 6.45) is 1.51. The van der Waals surface area contributed by atoms with Crippen molar-refractivity contribution in [3.05, 3.63) is 56.1 Å². The van der Waals surface area contributed by atoms with Crippen LogP contribution in [0.3, 0.4) is 0 Å². The molecular formula is C21H18ClIN2O4S. The first kappa shape index (κ1) is 22.5. The number of amides is 2. The van der Waals surface area contributed by atoms with E-state index in [-0.39, 0.29) is 10.7 Å². The summed E-state index contributed by atoms with van der Waals surface area (Å²) in [6.45, 7) is 4.70. The Bertz CT molecular complexity index is 1060. The van der Waals surface area contributed by atoms with Gasteiger partial charge in [-0.2, -0.15) is 0 Å². The van der Waals surface area contributed by atoms with Gasteiger partial charge in [-0.25, -0.2) is 0 Å². The van der Waals surface area contributed by atoms with E-state index in [2.05, 4.69) is 27.9 Å². The van der Waals surface area contributed by atoms with Crippen LogP contribution < -0.4 is 19.7 Å². The van der Waals surface area contributed by atoms with E-state index in [9.17, 15) is 9.59 Å². The Labute approximate surface area is 198 Å². The van der Waals surface area contributed by atoms with Gasteiger partial charge in [0.15, 0.2) is 16.6 Å². The van der Waals surface area contributed by atoms with Crippen LogP contribution in [0.5, 0.6) is 11.5 Å². The van der Waals surface area contributed by atoms with Gasteiger partial charge in [0.25, 0.3) is 11.8 Å². The molecule has 0 unspecified atom stereocenters. The molecule has 1 heterocycles. The van der Waals surface area contributed by atoms with E-state index in [1.54, 1.807) is 30.3 Å². The first-order valence-electron chi connectivity index (χ1n) is 9.11. The number of rotatable bonds is 6. The lowest BCUT2D eigenvalue weighted by molar-refractivity contribution is -0.122. The van der Waals surface area contributed by atoms with E-state index in [0.717, 1.165) is 3.57 Å². The predicted molar refractivity (Wildman–Crippen MR) is 129 cm³/mol. The van der Waals surface area contributed by atoms with Gasteiger partial charge in [-0.3, -0.25) is 19.8 Å². The van der Waals surface area contributed by atoms with Crippen molar-refractivity contribution >= 4 is 75.1 Å². The zero-order chi connectivity index (χ0) is 21.8. The summed E-state index contributed by atoms with van der Waals surface area (Å²) >= 11 is 13.4. The van der Waals surface area contributed by atoms with Crippen LogP contribution in [-0.4, -0.2) is 30.1 Å². The standard InChI is InChI=1S/C21H18ClIN2O4S/c1-3-28-17-10-12(9-16(23)18(17)29-4-2)8-15-19(26)24-21(30)25(20(15)27)14-7-5-6-13(22)11-14/h5-11H,3-4H2,1-2H3,(H,24,26,30). The van der Waals surface area contributed by atoms with Crippen LogP contribution >= 0.6 is 46.4 Å². The second-order valence-electron chi connectivity index (χ2n) is 6.13. The van der Waals surface area contributed by atoms with Crippen LogP contribution in [0.15, 0.2) is 42.0 Å². The summed E-state index contributed by atoms with van der Waals surface area (Å²) < 4.78 is 12.2. The molecule has 0 aromatic heterocycles. The minimum absolute atomic E-state index is 0.000645. The van der Waals surface area contributed by atoms with Gasteiger partial charge in [-0.15, -0.1) is 0 Å². The SMILES string of the molecule is CCOc1cc(C=C2C(=O)NC(=S)N(c3cccc(Cl)c3)C2=O)cc(I)c1OCC. The first-order valence-corrected chi connectivity index (χ1v) is 11.0. The maximum absolute atomic E-state index is 13.1. The van der Waals surface area contributed by atoms with E-state index in [1.165, 1.54) is 11.0 Å². The lowest BCUT2D eigenvalue weighted by Crippen LogP contribution is -2.54. The third-order valence-electron chi connectivity index (χ3n) is 4.10. The van der Waals surface area contributed by atoms with Gasteiger partial charge in [0.1, 0.15) is 5.57 Å². The van der Waals surface area contributed by atoms with E-state index in [1.807, 2.05) is 19.9 Å². The van der Waals surface area contributed by atoms with Crippen LogP contribution in [-0.2, 0) is 9.59 Å².